The zero-order valence-corrected chi connectivity index (χ0v) is 16.3. The largest absolute Gasteiger partial charge is 0.353 e. The van der Waals surface area contributed by atoms with E-state index in [2.05, 4.69) is 62.5 Å². The first-order chi connectivity index (χ1) is 13.0. The molecule has 6 nitrogen and oxygen atoms in total. The molecular formula is C21H26N6. The van der Waals surface area contributed by atoms with E-state index in [1.165, 1.54) is 11.1 Å². The normalized spacial score (nSPS) is 10.9. The molecule has 2 heterocycles. The van der Waals surface area contributed by atoms with Crippen LogP contribution in [0.4, 0.5) is 17.5 Å². The Hall–Kier alpha value is -2.99. The van der Waals surface area contributed by atoms with Crippen molar-refractivity contribution in [2.45, 2.75) is 13.8 Å². The van der Waals surface area contributed by atoms with Crippen LogP contribution in [0.2, 0.25) is 0 Å². The van der Waals surface area contributed by atoms with Crippen molar-refractivity contribution < 1.29 is 0 Å². The van der Waals surface area contributed by atoms with Gasteiger partial charge >= 0.3 is 0 Å². The molecule has 27 heavy (non-hydrogen) atoms. The van der Waals surface area contributed by atoms with E-state index in [9.17, 15) is 0 Å². The maximum Gasteiger partial charge on any atom is 0.225 e. The highest BCUT2D eigenvalue weighted by Crippen LogP contribution is 2.25. The van der Waals surface area contributed by atoms with Gasteiger partial charge in [-0.1, -0.05) is 12.1 Å². The molecule has 6 heteroatoms. The zero-order chi connectivity index (χ0) is 19.2. The standard InChI is InChI=1S/C21H26N6/c1-15-7-8-16(2)18(12-15)24-20-13-19(17-6-5-9-22-14-17)25-21(26-20)23-10-11-27(3)4/h5-9,12-14H,10-11H2,1-4H3,(H2,23,24,25,26). The van der Waals surface area contributed by atoms with Crippen LogP contribution in [0.5, 0.6) is 0 Å². The van der Waals surface area contributed by atoms with Crippen LogP contribution in [0.1, 0.15) is 11.1 Å². The quantitative estimate of drug-likeness (QED) is 0.665. The van der Waals surface area contributed by atoms with Gasteiger partial charge in [-0.15, -0.1) is 0 Å². The van der Waals surface area contributed by atoms with Gasteiger partial charge in [0, 0.05) is 42.8 Å². The van der Waals surface area contributed by atoms with Crippen LogP contribution in [-0.2, 0) is 0 Å². The van der Waals surface area contributed by atoms with E-state index >= 15 is 0 Å². The van der Waals surface area contributed by atoms with Crippen LogP contribution in [-0.4, -0.2) is 47.0 Å². The van der Waals surface area contributed by atoms with Gasteiger partial charge in [0.05, 0.1) is 5.69 Å². The Bertz CT molecular complexity index is 892. The zero-order valence-electron chi connectivity index (χ0n) is 16.3. The van der Waals surface area contributed by atoms with E-state index in [-0.39, 0.29) is 0 Å². The first kappa shape index (κ1) is 18.8. The van der Waals surface area contributed by atoms with Crippen molar-refractivity contribution in [2.24, 2.45) is 0 Å². The van der Waals surface area contributed by atoms with Crippen LogP contribution < -0.4 is 10.6 Å². The molecule has 0 radical (unpaired) electrons. The van der Waals surface area contributed by atoms with Crippen molar-refractivity contribution in [3.05, 3.63) is 59.9 Å². The Balaban J connectivity index is 1.92. The highest BCUT2D eigenvalue weighted by atomic mass is 15.2. The van der Waals surface area contributed by atoms with Gasteiger partial charge in [-0.05, 0) is 57.3 Å². The number of nitrogens with zero attached hydrogens (tertiary/aromatic N) is 4. The van der Waals surface area contributed by atoms with Crippen molar-refractivity contribution in [3.63, 3.8) is 0 Å². The fraction of sp³-hybridized carbons (Fsp3) is 0.286. The summed E-state index contributed by atoms with van der Waals surface area (Å²) >= 11 is 0. The molecule has 2 N–H and O–H groups in total. The summed E-state index contributed by atoms with van der Waals surface area (Å²) in [7, 11) is 4.09. The lowest BCUT2D eigenvalue weighted by atomic mass is 10.1. The van der Waals surface area contributed by atoms with Gasteiger partial charge in [-0.3, -0.25) is 4.98 Å². The van der Waals surface area contributed by atoms with Crippen LogP contribution in [0.25, 0.3) is 11.3 Å². The van der Waals surface area contributed by atoms with Crippen molar-refractivity contribution in [3.8, 4) is 11.3 Å². The Labute approximate surface area is 160 Å². The lowest BCUT2D eigenvalue weighted by molar-refractivity contribution is 0.425. The lowest BCUT2D eigenvalue weighted by Crippen LogP contribution is -2.21. The summed E-state index contributed by atoms with van der Waals surface area (Å²) in [5.41, 5.74) is 5.21. The van der Waals surface area contributed by atoms with E-state index in [1.54, 1.807) is 6.20 Å². The molecule has 0 spiro atoms. The third-order valence-corrected chi connectivity index (χ3v) is 4.18. The Morgan fingerprint density at radius 2 is 1.89 bits per heavy atom. The second kappa shape index (κ2) is 8.60. The lowest BCUT2D eigenvalue weighted by Gasteiger charge is -2.14. The first-order valence-corrected chi connectivity index (χ1v) is 9.03. The number of pyridine rings is 1. The monoisotopic (exact) mass is 362 g/mol. The summed E-state index contributed by atoms with van der Waals surface area (Å²) in [4.78, 5) is 15.6. The number of nitrogens with one attached hydrogen (secondary N) is 2. The molecule has 0 aliphatic heterocycles. The molecule has 0 bridgehead atoms. The van der Waals surface area contributed by atoms with Crippen molar-refractivity contribution in [2.75, 3.05) is 37.8 Å². The Kier molecular flexibility index (Phi) is 5.98. The minimum atomic E-state index is 0.603. The Morgan fingerprint density at radius 3 is 2.63 bits per heavy atom. The van der Waals surface area contributed by atoms with E-state index < -0.39 is 0 Å². The maximum atomic E-state index is 4.66. The SMILES string of the molecule is Cc1ccc(C)c(Nc2cc(-c3cccnc3)nc(NCCN(C)C)n2)c1. The Morgan fingerprint density at radius 1 is 1.04 bits per heavy atom. The number of likely N-dealkylation sites (N-methyl/N-ethyl adjacent to an activating group) is 1. The fourth-order valence-corrected chi connectivity index (χ4v) is 2.65. The van der Waals surface area contributed by atoms with Crippen LogP contribution >= 0.6 is 0 Å². The number of hydrogen-bond acceptors (Lipinski definition) is 6. The van der Waals surface area contributed by atoms with E-state index in [4.69, 9.17) is 0 Å². The van der Waals surface area contributed by atoms with Gasteiger partial charge in [0.1, 0.15) is 5.82 Å². The van der Waals surface area contributed by atoms with Crippen molar-refractivity contribution >= 4 is 17.5 Å². The van der Waals surface area contributed by atoms with Crippen LogP contribution in [0.3, 0.4) is 0 Å². The number of anilines is 3. The van der Waals surface area contributed by atoms with Gasteiger partial charge in [0.2, 0.25) is 5.95 Å². The molecule has 0 aliphatic rings. The van der Waals surface area contributed by atoms with E-state index in [0.29, 0.717) is 5.95 Å². The first-order valence-electron chi connectivity index (χ1n) is 9.03. The molecule has 2 aromatic heterocycles. The summed E-state index contributed by atoms with van der Waals surface area (Å²) in [6.07, 6.45) is 3.57. The average Bonchev–Trinajstić information content (AvgIpc) is 2.65. The molecule has 0 saturated carbocycles. The van der Waals surface area contributed by atoms with E-state index in [1.807, 2.05) is 38.5 Å². The molecule has 0 saturated heterocycles. The summed E-state index contributed by atoms with van der Waals surface area (Å²) in [6.45, 7) is 5.84. The number of aryl methyl sites for hydroxylation is 2. The predicted octanol–water partition coefficient (Wildman–Crippen LogP) is 3.87. The molecule has 0 unspecified atom stereocenters. The molecular weight excluding hydrogens is 336 g/mol. The summed E-state index contributed by atoms with van der Waals surface area (Å²) in [5.74, 6) is 1.36. The summed E-state index contributed by atoms with van der Waals surface area (Å²) in [6, 6.07) is 12.2. The van der Waals surface area contributed by atoms with E-state index in [0.717, 1.165) is 35.9 Å². The van der Waals surface area contributed by atoms with Crippen LogP contribution in [0.15, 0.2) is 48.8 Å². The maximum absolute atomic E-state index is 4.66. The highest BCUT2D eigenvalue weighted by molar-refractivity contribution is 5.68. The third kappa shape index (κ3) is 5.24. The van der Waals surface area contributed by atoms with Gasteiger partial charge in [-0.25, -0.2) is 4.98 Å². The van der Waals surface area contributed by atoms with Gasteiger partial charge in [0.25, 0.3) is 0 Å². The van der Waals surface area contributed by atoms with Crippen molar-refractivity contribution in [1.29, 1.82) is 0 Å². The molecule has 3 aromatic rings. The topological polar surface area (TPSA) is 66.0 Å². The minimum absolute atomic E-state index is 0.603. The molecule has 140 valence electrons. The average molecular weight is 362 g/mol. The molecule has 0 amide bonds. The predicted molar refractivity (Wildman–Crippen MR) is 112 cm³/mol. The van der Waals surface area contributed by atoms with Gasteiger partial charge in [0.15, 0.2) is 0 Å². The molecule has 0 atom stereocenters. The highest BCUT2D eigenvalue weighted by Gasteiger charge is 2.09. The van der Waals surface area contributed by atoms with Crippen LogP contribution in [0, 0.1) is 13.8 Å². The summed E-state index contributed by atoms with van der Waals surface area (Å²) < 4.78 is 0. The molecule has 1 aromatic carbocycles. The molecule has 3 rings (SSSR count). The third-order valence-electron chi connectivity index (χ3n) is 4.18. The molecule has 0 fully saturated rings. The number of benzene rings is 1. The van der Waals surface area contributed by atoms with Crippen molar-refractivity contribution in [1.82, 2.24) is 19.9 Å². The smallest absolute Gasteiger partial charge is 0.225 e. The summed E-state index contributed by atoms with van der Waals surface area (Å²) in [5, 5.41) is 6.75. The number of hydrogen-bond donors (Lipinski definition) is 2. The number of rotatable bonds is 7. The second-order valence-corrected chi connectivity index (χ2v) is 6.88. The van der Waals surface area contributed by atoms with Gasteiger partial charge in [-0.2, -0.15) is 4.98 Å². The fourth-order valence-electron chi connectivity index (χ4n) is 2.65. The molecule has 0 aliphatic carbocycles. The second-order valence-electron chi connectivity index (χ2n) is 6.88. The number of aromatic nitrogens is 3. The van der Waals surface area contributed by atoms with Gasteiger partial charge < -0.3 is 15.5 Å². The minimum Gasteiger partial charge on any atom is -0.353 e.